The number of benzene rings is 1. The van der Waals surface area contributed by atoms with Gasteiger partial charge in [0.1, 0.15) is 4.90 Å². The van der Waals surface area contributed by atoms with Crippen molar-refractivity contribution in [2.75, 3.05) is 77.4 Å². The maximum atomic E-state index is 13.6. The van der Waals surface area contributed by atoms with E-state index >= 15 is 0 Å². The van der Waals surface area contributed by atoms with Crippen LogP contribution in [-0.4, -0.2) is 101 Å². The predicted molar refractivity (Wildman–Crippen MR) is 136 cm³/mol. The molecule has 0 aliphatic carbocycles. The van der Waals surface area contributed by atoms with Gasteiger partial charge in [-0.2, -0.15) is 4.31 Å². The molecule has 0 radical (unpaired) electrons. The van der Waals surface area contributed by atoms with Gasteiger partial charge in [0, 0.05) is 64.5 Å². The number of rotatable bonds is 8. The van der Waals surface area contributed by atoms with Gasteiger partial charge in [0.25, 0.3) is 5.91 Å². The average Bonchev–Trinajstić information content (AvgIpc) is 2.88. The molecule has 190 valence electrons. The van der Waals surface area contributed by atoms with Gasteiger partial charge >= 0.3 is 0 Å². The molecule has 0 atom stereocenters. The number of piperidine rings is 2. The first-order valence-electron chi connectivity index (χ1n) is 13.0. The van der Waals surface area contributed by atoms with Crippen LogP contribution < -0.4 is 10.2 Å². The highest BCUT2D eigenvalue weighted by Crippen LogP contribution is 2.32. The van der Waals surface area contributed by atoms with Crippen LogP contribution in [0.5, 0.6) is 0 Å². The fourth-order valence-electron chi connectivity index (χ4n) is 5.18. The third-order valence-electron chi connectivity index (χ3n) is 7.38. The molecule has 3 saturated heterocycles. The van der Waals surface area contributed by atoms with Gasteiger partial charge in [0.2, 0.25) is 10.0 Å². The molecule has 34 heavy (non-hydrogen) atoms. The molecule has 1 N–H and O–H groups in total. The minimum absolute atomic E-state index is 0.196. The lowest BCUT2D eigenvalue weighted by atomic mass is 10.1. The molecule has 8 nitrogen and oxygen atoms in total. The van der Waals surface area contributed by atoms with Gasteiger partial charge in [-0.15, -0.1) is 0 Å². The van der Waals surface area contributed by atoms with E-state index in [9.17, 15) is 13.2 Å². The lowest BCUT2D eigenvalue weighted by molar-refractivity contribution is 0.0949. The zero-order valence-corrected chi connectivity index (χ0v) is 21.5. The van der Waals surface area contributed by atoms with Crippen LogP contribution in [0.4, 0.5) is 5.69 Å². The molecule has 0 bridgehead atoms. The summed E-state index contributed by atoms with van der Waals surface area (Å²) in [4.78, 5) is 20.2. The number of likely N-dealkylation sites (N-methyl/N-ethyl adjacent to an activating group) is 1. The zero-order valence-electron chi connectivity index (χ0n) is 20.7. The van der Waals surface area contributed by atoms with Crippen LogP contribution in [0.3, 0.4) is 0 Å². The van der Waals surface area contributed by atoms with Crippen molar-refractivity contribution < 1.29 is 13.2 Å². The molecule has 1 aromatic carbocycles. The molecule has 4 rings (SSSR count). The normalized spacial score (nSPS) is 21.5. The van der Waals surface area contributed by atoms with Crippen molar-refractivity contribution >= 4 is 21.6 Å². The Kier molecular flexibility index (Phi) is 8.85. The summed E-state index contributed by atoms with van der Waals surface area (Å²) in [6, 6.07) is 5.25. The third kappa shape index (κ3) is 6.30. The molecule has 0 aromatic heterocycles. The summed E-state index contributed by atoms with van der Waals surface area (Å²) in [5, 5.41) is 3.01. The molecule has 9 heteroatoms. The van der Waals surface area contributed by atoms with Crippen molar-refractivity contribution in [1.82, 2.24) is 19.4 Å². The largest absolute Gasteiger partial charge is 0.370 e. The van der Waals surface area contributed by atoms with Crippen LogP contribution in [0.15, 0.2) is 23.1 Å². The number of hydrogen-bond acceptors (Lipinski definition) is 6. The van der Waals surface area contributed by atoms with Gasteiger partial charge in [0.05, 0.1) is 5.69 Å². The molecule has 3 heterocycles. The standard InChI is InChI=1S/C25H41N5O3S/c1-27-17-19-28(20-18-27)12-8-11-26-25(31)22-9-10-23(29-13-4-2-5-14-29)24(21-22)34(32,33)30-15-6-3-7-16-30/h9-10,21H,2-8,11-20H2,1H3,(H,26,31). The second kappa shape index (κ2) is 11.8. The maximum absolute atomic E-state index is 13.6. The predicted octanol–water partition coefficient (Wildman–Crippen LogP) is 2.22. The molecule has 0 spiro atoms. The summed E-state index contributed by atoms with van der Waals surface area (Å²) in [6.07, 6.45) is 7.07. The van der Waals surface area contributed by atoms with Crippen LogP contribution in [-0.2, 0) is 10.0 Å². The summed E-state index contributed by atoms with van der Waals surface area (Å²) in [5.41, 5.74) is 1.17. The number of nitrogens with zero attached hydrogens (tertiary/aromatic N) is 4. The fourth-order valence-corrected chi connectivity index (χ4v) is 6.93. The van der Waals surface area contributed by atoms with E-state index in [0.29, 0.717) is 30.1 Å². The van der Waals surface area contributed by atoms with Crippen molar-refractivity contribution in [2.24, 2.45) is 0 Å². The summed E-state index contributed by atoms with van der Waals surface area (Å²) in [6.45, 7) is 8.72. The van der Waals surface area contributed by atoms with Gasteiger partial charge in [0.15, 0.2) is 0 Å². The number of carbonyl (C=O) groups excluding carboxylic acids is 1. The number of piperazine rings is 1. The molecule has 0 saturated carbocycles. The van der Waals surface area contributed by atoms with Crippen molar-refractivity contribution in [3.05, 3.63) is 23.8 Å². The molecule has 3 fully saturated rings. The summed E-state index contributed by atoms with van der Waals surface area (Å²) in [5.74, 6) is -0.196. The van der Waals surface area contributed by atoms with Gasteiger partial charge in [-0.25, -0.2) is 8.42 Å². The first-order chi connectivity index (χ1) is 16.4. The van der Waals surface area contributed by atoms with Gasteiger partial charge in [-0.1, -0.05) is 6.42 Å². The van der Waals surface area contributed by atoms with E-state index in [4.69, 9.17) is 0 Å². The highest BCUT2D eigenvalue weighted by Gasteiger charge is 2.31. The minimum Gasteiger partial charge on any atom is -0.370 e. The number of amides is 1. The molecule has 0 unspecified atom stereocenters. The van der Waals surface area contributed by atoms with E-state index in [-0.39, 0.29) is 5.91 Å². The Balaban J connectivity index is 1.44. The van der Waals surface area contributed by atoms with E-state index in [2.05, 4.69) is 27.1 Å². The third-order valence-corrected chi connectivity index (χ3v) is 9.31. The topological polar surface area (TPSA) is 76.2 Å². The highest BCUT2D eigenvalue weighted by molar-refractivity contribution is 7.89. The first kappa shape index (κ1) is 25.4. The van der Waals surface area contributed by atoms with Gasteiger partial charge < -0.3 is 20.0 Å². The molecule has 3 aliphatic heterocycles. The molecular weight excluding hydrogens is 450 g/mol. The SMILES string of the molecule is CN1CCN(CCCNC(=O)c2ccc(N3CCCCC3)c(S(=O)(=O)N3CCCCC3)c2)CC1. The molecule has 3 aliphatic rings. The van der Waals surface area contributed by atoms with E-state index < -0.39 is 10.0 Å². The molecule has 1 aromatic rings. The number of sulfonamides is 1. The van der Waals surface area contributed by atoms with Crippen LogP contribution >= 0.6 is 0 Å². The van der Waals surface area contributed by atoms with Crippen molar-refractivity contribution in [1.29, 1.82) is 0 Å². The van der Waals surface area contributed by atoms with Crippen LogP contribution in [0.25, 0.3) is 0 Å². The number of hydrogen-bond donors (Lipinski definition) is 1. The molecular formula is C25H41N5O3S. The highest BCUT2D eigenvalue weighted by atomic mass is 32.2. The van der Waals surface area contributed by atoms with Gasteiger partial charge in [-0.3, -0.25) is 4.79 Å². The zero-order chi connectivity index (χ0) is 24.0. The summed E-state index contributed by atoms with van der Waals surface area (Å²) in [7, 11) is -1.49. The van der Waals surface area contributed by atoms with Gasteiger partial charge in [-0.05, 0) is 70.3 Å². The quantitative estimate of drug-likeness (QED) is 0.562. The van der Waals surface area contributed by atoms with Crippen molar-refractivity contribution in [3.8, 4) is 0 Å². The Hall–Kier alpha value is -1.68. The van der Waals surface area contributed by atoms with E-state index in [0.717, 1.165) is 90.0 Å². The molecule has 1 amide bonds. The Morgan fingerprint density at radius 2 is 1.53 bits per heavy atom. The smallest absolute Gasteiger partial charge is 0.251 e. The Bertz CT molecular complexity index is 918. The number of carbonyl (C=O) groups is 1. The first-order valence-corrected chi connectivity index (χ1v) is 14.5. The Labute approximate surface area is 205 Å². The number of nitrogens with one attached hydrogen (secondary N) is 1. The fraction of sp³-hybridized carbons (Fsp3) is 0.720. The van der Waals surface area contributed by atoms with Crippen molar-refractivity contribution in [3.63, 3.8) is 0 Å². The van der Waals surface area contributed by atoms with E-state index in [1.54, 1.807) is 16.4 Å². The lowest BCUT2D eigenvalue weighted by Gasteiger charge is -2.33. The monoisotopic (exact) mass is 491 g/mol. The van der Waals surface area contributed by atoms with Crippen LogP contribution in [0, 0.1) is 0 Å². The lowest BCUT2D eigenvalue weighted by Crippen LogP contribution is -2.45. The second-order valence-electron chi connectivity index (χ2n) is 9.95. The number of anilines is 1. The average molecular weight is 492 g/mol. The van der Waals surface area contributed by atoms with E-state index in [1.165, 1.54) is 6.42 Å². The van der Waals surface area contributed by atoms with Crippen LogP contribution in [0.1, 0.15) is 55.3 Å². The Morgan fingerprint density at radius 3 is 2.21 bits per heavy atom. The Morgan fingerprint density at radius 1 is 0.882 bits per heavy atom. The van der Waals surface area contributed by atoms with Crippen LogP contribution in [0.2, 0.25) is 0 Å². The van der Waals surface area contributed by atoms with E-state index in [1.807, 2.05) is 6.07 Å². The summed E-state index contributed by atoms with van der Waals surface area (Å²) < 4.78 is 28.9. The summed E-state index contributed by atoms with van der Waals surface area (Å²) >= 11 is 0. The minimum atomic E-state index is -3.64. The maximum Gasteiger partial charge on any atom is 0.251 e. The second-order valence-corrected chi connectivity index (χ2v) is 11.9. The van der Waals surface area contributed by atoms with Crippen molar-refractivity contribution in [2.45, 2.75) is 49.8 Å².